The number of aromatic nitrogens is 1. The highest BCUT2D eigenvalue weighted by Crippen LogP contribution is 2.32. The molecule has 3 rings (SSSR count). The number of rotatable bonds is 8. The lowest BCUT2D eigenvalue weighted by atomic mass is 9.96. The highest BCUT2D eigenvalue weighted by Gasteiger charge is 2.17. The summed E-state index contributed by atoms with van der Waals surface area (Å²) < 4.78 is 31.8. The summed E-state index contributed by atoms with van der Waals surface area (Å²) in [6, 6.07) is 9.28. The number of halogens is 2. The van der Waals surface area contributed by atoms with E-state index in [0.717, 1.165) is 24.0 Å². The molecule has 34 heavy (non-hydrogen) atoms. The fourth-order valence-electron chi connectivity index (χ4n) is 3.79. The van der Waals surface area contributed by atoms with Gasteiger partial charge in [0.1, 0.15) is 22.5 Å². The number of benzene rings is 1. The molecule has 1 aromatic heterocycles. The number of ether oxygens (including phenoxy) is 1. The SMILES string of the molecule is COc1ccc(C=NNC(=S)NC2CCCCC2)cc1CSc1nc(C(F)F)cc(C)c1C#N. The molecule has 1 aromatic carbocycles. The summed E-state index contributed by atoms with van der Waals surface area (Å²) in [5.74, 6) is 1.03. The molecule has 180 valence electrons. The molecule has 1 saturated carbocycles. The van der Waals surface area contributed by atoms with E-state index >= 15 is 0 Å². The fourth-order valence-corrected chi connectivity index (χ4v) is 5.05. The van der Waals surface area contributed by atoms with Gasteiger partial charge in [-0.15, -0.1) is 11.8 Å². The molecule has 1 aliphatic carbocycles. The predicted molar refractivity (Wildman–Crippen MR) is 135 cm³/mol. The molecule has 0 amide bonds. The summed E-state index contributed by atoms with van der Waals surface area (Å²) in [5, 5.41) is 17.8. The zero-order valence-corrected chi connectivity index (χ0v) is 20.7. The Balaban J connectivity index is 1.68. The Morgan fingerprint density at radius 1 is 1.35 bits per heavy atom. The molecule has 2 aromatic rings. The largest absolute Gasteiger partial charge is 0.496 e. The Morgan fingerprint density at radius 2 is 2.12 bits per heavy atom. The minimum atomic E-state index is -2.70. The molecule has 0 radical (unpaired) electrons. The third-order valence-electron chi connectivity index (χ3n) is 5.53. The molecule has 6 nitrogen and oxygen atoms in total. The number of thioether (sulfide) groups is 1. The van der Waals surface area contributed by atoms with Crippen molar-refractivity contribution in [1.29, 1.82) is 5.26 Å². The monoisotopic (exact) mass is 503 g/mol. The van der Waals surface area contributed by atoms with E-state index in [-0.39, 0.29) is 10.7 Å². The van der Waals surface area contributed by atoms with Gasteiger partial charge in [-0.2, -0.15) is 10.4 Å². The zero-order valence-electron chi connectivity index (χ0n) is 19.1. The summed E-state index contributed by atoms with van der Waals surface area (Å²) in [6.45, 7) is 1.63. The molecule has 1 heterocycles. The van der Waals surface area contributed by atoms with Gasteiger partial charge >= 0.3 is 0 Å². The lowest BCUT2D eigenvalue weighted by Crippen LogP contribution is -2.40. The number of nitrogens with one attached hydrogen (secondary N) is 2. The van der Waals surface area contributed by atoms with Crippen molar-refractivity contribution < 1.29 is 13.5 Å². The fraction of sp³-hybridized carbons (Fsp3) is 0.417. The molecule has 0 spiro atoms. The number of nitriles is 1. The van der Waals surface area contributed by atoms with Crippen LogP contribution in [0, 0.1) is 18.3 Å². The molecule has 0 bridgehead atoms. The minimum absolute atomic E-state index is 0.278. The standard InChI is InChI=1S/C24H27F2N5OS2/c1-15-10-20(22(25)26)30-23(19(15)12-27)34-14-17-11-16(8-9-21(17)32-2)13-28-31-24(33)29-18-6-4-3-5-7-18/h8-11,13,18,22H,3-7,14H2,1-2H3,(H2,29,31,33). The number of pyridine rings is 1. The highest BCUT2D eigenvalue weighted by atomic mass is 32.2. The Morgan fingerprint density at radius 3 is 2.79 bits per heavy atom. The maximum atomic E-state index is 13.2. The van der Waals surface area contributed by atoms with Gasteiger partial charge in [0.15, 0.2) is 5.11 Å². The van der Waals surface area contributed by atoms with Crippen LogP contribution in [-0.2, 0) is 5.75 Å². The van der Waals surface area contributed by atoms with Crippen molar-refractivity contribution in [3.63, 3.8) is 0 Å². The summed E-state index contributed by atoms with van der Waals surface area (Å²) in [4.78, 5) is 4.01. The van der Waals surface area contributed by atoms with Gasteiger partial charge in [0.05, 0.1) is 18.9 Å². The second-order valence-corrected chi connectivity index (χ2v) is 9.37. The number of aryl methyl sites for hydroxylation is 1. The van der Waals surface area contributed by atoms with Crippen LogP contribution in [-0.4, -0.2) is 29.5 Å². The molecule has 0 atom stereocenters. The van der Waals surface area contributed by atoms with Crippen LogP contribution >= 0.6 is 24.0 Å². The topological polar surface area (TPSA) is 82.3 Å². The number of thiocarbonyl (C=S) groups is 1. The van der Waals surface area contributed by atoms with E-state index in [2.05, 4.69) is 26.9 Å². The van der Waals surface area contributed by atoms with Gasteiger partial charge in [-0.25, -0.2) is 13.8 Å². The van der Waals surface area contributed by atoms with Crippen molar-refractivity contribution in [2.45, 2.75) is 62.3 Å². The molecule has 2 N–H and O–H groups in total. The van der Waals surface area contributed by atoms with Gasteiger partial charge < -0.3 is 10.1 Å². The number of hydrogen-bond donors (Lipinski definition) is 2. The van der Waals surface area contributed by atoms with Crippen LogP contribution in [0.5, 0.6) is 5.75 Å². The van der Waals surface area contributed by atoms with Gasteiger partial charge in [-0.05, 0) is 67.4 Å². The quantitative estimate of drug-likeness (QED) is 0.209. The average Bonchev–Trinajstić information content (AvgIpc) is 2.83. The van der Waals surface area contributed by atoms with Gasteiger partial charge in [0.2, 0.25) is 0 Å². The van der Waals surface area contributed by atoms with E-state index < -0.39 is 6.43 Å². The van der Waals surface area contributed by atoms with Crippen LogP contribution in [0.25, 0.3) is 0 Å². The van der Waals surface area contributed by atoms with Crippen molar-refractivity contribution in [1.82, 2.24) is 15.7 Å². The van der Waals surface area contributed by atoms with Crippen molar-refractivity contribution in [3.05, 3.63) is 52.2 Å². The molecule has 1 fully saturated rings. The molecule has 0 aliphatic heterocycles. The van der Waals surface area contributed by atoms with Gasteiger partial charge in [-0.3, -0.25) is 5.43 Å². The Hall–Kier alpha value is -2.77. The predicted octanol–water partition coefficient (Wildman–Crippen LogP) is 5.63. The number of hydrogen-bond acceptors (Lipinski definition) is 6. The van der Waals surface area contributed by atoms with E-state index in [1.807, 2.05) is 18.2 Å². The van der Waals surface area contributed by atoms with E-state index in [4.69, 9.17) is 17.0 Å². The van der Waals surface area contributed by atoms with Crippen LogP contribution in [0.4, 0.5) is 8.78 Å². The first-order valence-corrected chi connectivity index (χ1v) is 12.4. The normalized spacial score (nSPS) is 14.2. The van der Waals surface area contributed by atoms with E-state index in [9.17, 15) is 14.0 Å². The molecule has 10 heteroatoms. The molecule has 1 aliphatic rings. The van der Waals surface area contributed by atoms with Crippen LogP contribution in [0.2, 0.25) is 0 Å². The van der Waals surface area contributed by atoms with Gasteiger partial charge in [0, 0.05) is 17.4 Å². The second-order valence-electron chi connectivity index (χ2n) is 8.00. The van der Waals surface area contributed by atoms with Crippen molar-refractivity contribution >= 4 is 35.3 Å². The summed E-state index contributed by atoms with van der Waals surface area (Å²) in [7, 11) is 1.56. The second kappa shape index (κ2) is 12.6. The third-order valence-corrected chi connectivity index (χ3v) is 6.76. The first-order chi connectivity index (χ1) is 16.4. The summed E-state index contributed by atoms with van der Waals surface area (Å²) in [5.41, 5.74) is 4.94. The first-order valence-electron chi connectivity index (χ1n) is 11.0. The highest BCUT2D eigenvalue weighted by molar-refractivity contribution is 7.98. The zero-order chi connectivity index (χ0) is 24.5. The lowest BCUT2D eigenvalue weighted by molar-refractivity contribution is 0.145. The number of alkyl halides is 2. The van der Waals surface area contributed by atoms with Gasteiger partial charge in [0.25, 0.3) is 6.43 Å². The van der Waals surface area contributed by atoms with Crippen LogP contribution < -0.4 is 15.5 Å². The smallest absolute Gasteiger partial charge is 0.280 e. The van der Waals surface area contributed by atoms with Crippen LogP contribution in [0.3, 0.4) is 0 Å². The molecular formula is C24H27F2N5OS2. The number of hydrazone groups is 1. The van der Waals surface area contributed by atoms with E-state index in [0.29, 0.717) is 33.8 Å². The number of methoxy groups -OCH3 is 1. The van der Waals surface area contributed by atoms with Crippen LogP contribution in [0.15, 0.2) is 34.4 Å². The van der Waals surface area contributed by atoms with Crippen molar-refractivity contribution in [3.8, 4) is 11.8 Å². The van der Waals surface area contributed by atoms with Crippen molar-refractivity contribution in [2.75, 3.05) is 7.11 Å². The summed E-state index contributed by atoms with van der Waals surface area (Å²) in [6.07, 6.45) is 4.90. The van der Waals surface area contributed by atoms with Gasteiger partial charge in [-0.1, -0.05) is 19.3 Å². The Labute approximate surface area is 208 Å². The van der Waals surface area contributed by atoms with Crippen molar-refractivity contribution in [2.24, 2.45) is 5.10 Å². The number of nitrogens with zero attached hydrogens (tertiary/aromatic N) is 3. The summed E-state index contributed by atoms with van der Waals surface area (Å²) >= 11 is 6.55. The Bertz CT molecular complexity index is 1080. The maximum absolute atomic E-state index is 13.2. The lowest BCUT2D eigenvalue weighted by Gasteiger charge is -2.23. The third kappa shape index (κ3) is 7.11. The molecular weight excluding hydrogens is 476 g/mol. The maximum Gasteiger partial charge on any atom is 0.280 e. The molecule has 0 unspecified atom stereocenters. The minimum Gasteiger partial charge on any atom is -0.496 e. The van der Waals surface area contributed by atoms with Crippen LogP contribution in [0.1, 0.15) is 66.5 Å². The average molecular weight is 504 g/mol. The van der Waals surface area contributed by atoms with E-state index in [1.54, 1.807) is 20.2 Å². The Kier molecular flexibility index (Phi) is 9.60. The first kappa shape index (κ1) is 25.8. The molecule has 0 saturated heterocycles. The van der Waals surface area contributed by atoms with E-state index in [1.165, 1.54) is 37.1 Å².